The molecule has 1 unspecified atom stereocenters. The molecule has 3 aromatic rings. The van der Waals surface area contributed by atoms with Gasteiger partial charge in [0.15, 0.2) is 0 Å². The number of aliphatic hydroxyl groups is 1. The first-order valence-corrected chi connectivity index (χ1v) is 9.07. The zero-order chi connectivity index (χ0) is 19.7. The van der Waals surface area contributed by atoms with Gasteiger partial charge in [0.1, 0.15) is 11.3 Å². The van der Waals surface area contributed by atoms with Crippen molar-refractivity contribution >= 4 is 28.3 Å². The molecule has 1 aromatic heterocycles. The molecular formula is C21H20FN3O3. The van der Waals surface area contributed by atoms with Gasteiger partial charge in [-0.1, -0.05) is 18.2 Å². The van der Waals surface area contributed by atoms with Crippen molar-refractivity contribution < 1.29 is 19.0 Å². The summed E-state index contributed by atoms with van der Waals surface area (Å²) in [6, 6.07) is 11.1. The Morgan fingerprint density at radius 1 is 1.25 bits per heavy atom. The molecule has 0 fully saturated rings. The topological polar surface area (TPSA) is 83.5 Å². The van der Waals surface area contributed by atoms with Crippen molar-refractivity contribution in [3.63, 3.8) is 0 Å². The monoisotopic (exact) mass is 381 g/mol. The van der Waals surface area contributed by atoms with Gasteiger partial charge in [-0.3, -0.25) is 0 Å². The van der Waals surface area contributed by atoms with Gasteiger partial charge in [0.25, 0.3) is 0 Å². The van der Waals surface area contributed by atoms with E-state index in [2.05, 4.69) is 15.6 Å². The molecule has 1 atom stereocenters. The maximum Gasteiger partial charge on any atom is 0.323 e. The summed E-state index contributed by atoms with van der Waals surface area (Å²) in [6.07, 6.45) is 2.10. The SMILES string of the molecule is COc1cc(NC(=O)Nc2ccc3c(c2)CCCC3O)c2cccc(F)c2n1. The third kappa shape index (κ3) is 3.48. The van der Waals surface area contributed by atoms with E-state index >= 15 is 0 Å². The number of benzene rings is 2. The fourth-order valence-electron chi connectivity index (χ4n) is 3.55. The molecule has 144 valence electrons. The summed E-state index contributed by atoms with van der Waals surface area (Å²) in [4.78, 5) is 16.6. The average molecular weight is 381 g/mol. The van der Waals surface area contributed by atoms with Gasteiger partial charge >= 0.3 is 6.03 Å². The number of rotatable bonds is 3. The normalized spacial score (nSPS) is 15.8. The Kier molecular flexibility index (Phi) is 4.83. The number of nitrogens with zero attached hydrogens (tertiary/aromatic N) is 1. The lowest BCUT2D eigenvalue weighted by molar-refractivity contribution is 0.156. The van der Waals surface area contributed by atoms with Gasteiger partial charge in [-0.2, -0.15) is 0 Å². The molecule has 0 radical (unpaired) electrons. The van der Waals surface area contributed by atoms with Crippen LogP contribution in [-0.2, 0) is 6.42 Å². The van der Waals surface area contributed by atoms with Crippen LogP contribution in [0.2, 0.25) is 0 Å². The van der Waals surface area contributed by atoms with Crippen molar-refractivity contribution in [2.45, 2.75) is 25.4 Å². The van der Waals surface area contributed by atoms with Crippen LogP contribution < -0.4 is 15.4 Å². The number of carbonyl (C=O) groups is 1. The zero-order valence-corrected chi connectivity index (χ0v) is 15.3. The number of halogens is 1. The van der Waals surface area contributed by atoms with Crippen molar-refractivity contribution in [2.75, 3.05) is 17.7 Å². The van der Waals surface area contributed by atoms with Gasteiger partial charge in [-0.05, 0) is 48.6 Å². The van der Waals surface area contributed by atoms with Crippen molar-refractivity contribution in [2.24, 2.45) is 0 Å². The van der Waals surface area contributed by atoms with E-state index < -0.39 is 18.0 Å². The first-order chi connectivity index (χ1) is 13.5. The Bertz CT molecular complexity index is 1050. The highest BCUT2D eigenvalue weighted by atomic mass is 19.1. The molecule has 1 heterocycles. The molecular weight excluding hydrogens is 361 g/mol. The Hall–Kier alpha value is -3.19. The van der Waals surface area contributed by atoms with Crippen LogP contribution in [0.4, 0.5) is 20.6 Å². The first-order valence-electron chi connectivity index (χ1n) is 9.07. The number of para-hydroxylation sites is 1. The second-order valence-electron chi connectivity index (χ2n) is 6.75. The summed E-state index contributed by atoms with van der Waals surface area (Å²) in [7, 11) is 1.43. The van der Waals surface area contributed by atoms with E-state index in [0.29, 0.717) is 16.8 Å². The lowest BCUT2D eigenvalue weighted by atomic mass is 9.89. The highest BCUT2D eigenvalue weighted by Gasteiger charge is 2.18. The number of ether oxygens (including phenoxy) is 1. The predicted octanol–water partition coefficient (Wildman–Crippen LogP) is 4.40. The van der Waals surface area contributed by atoms with E-state index in [1.54, 1.807) is 24.3 Å². The van der Waals surface area contributed by atoms with Crippen LogP contribution in [-0.4, -0.2) is 23.2 Å². The third-order valence-electron chi connectivity index (χ3n) is 4.91. The summed E-state index contributed by atoms with van der Waals surface area (Å²) in [5, 5.41) is 16.1. The summed E-state index contributed by atoms with van der Waals surface area (Å²) in [5.41, 5.74) is 3.10. The van der Waals surface area contributed by atoms with Crippen LogP contribution in [0.5, 0.6) is 5.88 Å². The molecule has 1 aliphatic rings. The maximum atomic E-state index is 14.1. The fourth-order valence-corrected chi connectivity index (χ4v) is 3.55. The van der Waals surface area contributed by atoms with Crippen LogP contribution in [0, 0.1) is 5.82 Å². The Balaban J connectivity index is 1.58. The van der Waals surface area contributed by atoms with Crippen LogP contribution in [0.1, 0.15) is 30.1 Å². The number of anilines is 2. The number of urea groups is 1. The molecule has 0 saturated carbocycles. The minimum Gasteiger partial charge on any atom is -0.481 e. The molecule has 28 heavy (non-hydrogen) atoms. The predicted molar refractivity (Wildman–Crippen MR) is 105 cm³/mol. The summed E-state index contributed by atoms with van der Waals surface area (Å²) >= 11 is 0. The van der Waals surface area contributed by atoms with Gasteiger partial charge in [-0.15, -0.1) is 0 Å². The average Bonchev–Trinajstić information content (AvgIpc) is 2.68. The third-order valence-corrected chi connectivity index (χ3v) is 4.91. The van der Waals surface area contributed by atoms with E-state index in [-0.39, 0.29) is 11.4 Å². The molecule has 4 rings (SSSR count). The van der Waals surface area contributed by atoms with Crippen LogP contribution >= 0.6 is 0 Å². The van der Waals surface area contributed by atoms with E-state index in [4.69, 9.17) is 4.74 Å². The Morgan fingerprint density at radius 2 is 2.11 bits per heavy atom. The lowest BCUT2D eigenvalue weighted by Crippen LogP contribution is -2.20. The molecule has 0 aliphatic heterocycles. The molecule has 0 spiro atoms. The van der Waals surface area contributed by atoms with Crippen LogP contribution in [0.25, 0.3) is 10.9 Å². The van der Waals surface area contributed by atoms with Gasteiger partial charge in [0.05, 0.1) is 18.9 Å². The maximum absolute atomic E-state index is 14.1. The van der Waals surface area contributed by atoms with Crippen molar-refractivity contribution in [1.82, 2.24) is 4.98 Å². The van der Waals surface area contributed by atoms with E-state index in [0.717, 1.165) is 30.4 Å². The smallest absolute Gasteiger partial charge is 0.323 e. The van der Waals surface area contributed by atoms with E-state index in [1.165, 1.54) is 13.2 Å². The fraction of sp³-hybridized carbons (Fsp3) is 0.238. The van der Waals surface area contributed by atoms with Crippen LogP contribution in [0.15, 0.2) is 42.5 Å². The summed E-state index contributed by atoms with van der Waals surface area (Å²) < 4.78 is 19.2. The number of hydrogen-bond acceptors (Lipinski definition) is 4. The molecule has 0 saturated heterocycles. The first kappa shape index (κ1) is 18.2. The molecule has 6 nitrogen and oxygen atoms in total. The number of fused-ring (bicyclic) bond motifs is 2. The number of aromatic nitrogens is 1. The van der Waals surface area contributed by atoms with E-state index in [1.807, 2.05) is 12.1 Å². The number of carbonyl (C=O) groups excluding carboxylic acids is 1. The van der Waals surface area contributed by atoms with Crippen molar-refractivity contribution in [1.29, 1.82) is 0 Å². The van der Waals surface area contributed by atoms with Crippen LogP contribution in [0.3, 0.4) is 0 Å². The number of hydrogen-bond donors (Lipinski definition) is 3. The number of amides is 2. The quantitative estimate of drug-likeness (QED) is 0.628. The minimum atomic E-state index is -0.492. The lowest BCUT2D eigenvalue weighted by Gasteiger charge is -2.22. The van der Waals surface area contributed by atoms with Gasteiger partial charge in [0.2, 0.25) is 5.88 Å². The molecule has 2 aromatic carbocycles. The molecule has 2 amide bonds. The summed E-state index contributed by atoms with van der Waals surface area (Å²) in [6.45, 7) is 0. The number of methoxy groups -OCH3 is 1. The number of aliphatic hydroxyl groups excluding tert-OH is 1. The van der Waals surface area contributed by atoms with Gasteiger partial charge in [-0.25, -0.2) is 14.2 Å². The van der Waals surface area contributed by atoms with Crippen molar-refractivity contribution in [3.05, 3.63) is 59.4 Å². The molecule has 3 N–H and O–H groups in total. The largest absolute Gasteiger partial charge is 0.481 e. The van der Waals surface area contributed by atoms with Crippen molar-refractivity contribution in [3.8, 4) is 5.88 Å². The number of nitrogens with one attached hydrogen (secondary N) is 2. The second kappa shape index (κ2) is 7.44. The molecule has 7 heteroatoms. The van der Waals surface area contributed by atoms with E-state index in [9.17, 15) is 14.3 Å². The standard InChI is InChI=1S/C21H20FN3O3/c1-28-19-11-17(15-5-3-6-16(22)20(15)25-19)24-21(27)23-13-8-9-14-12(10-13)4-2-7-18(14)26/h3,5-6,8-11,18,26H,2,4,7H2,1H3,(H2,23,24,25,27). The Morgan fingerprint density at radius 3 is 2.93 bits per heavy atom. The summed E-state index contributed by atoms with van der Waals surface area (Å²) in [5.74, 6) is -0.288. The van der Waals surface area contributed by atoms with Gasteiger partial charge in [0, 0.05) is 17.1 Å². The number of pyridine rings is 1. The highest BCUT2D eigenvalue weighted by molar-refractivity contribution is 6.05. The number of aryl methyl sites for hydroxylation is 1. The minimum absolute atomic E-state index is 0.125. The molecule has 0 bridgehead atoms. The second-order valence-corrected chi connectivity index (χ2v) is 6.75. The molecule has 1 aliphatic carbocycles. The zero-order valence-electron chi connectivity index (χ0n) is 15.3. The Labute approximate surface area is 161 Å². The highest BCUT2D eigenvalue weighted by Crippen LogP contribution is 2.32. The van der Waals surface area contributed by atoms with Gasteiger partial charge < -0.3 is 20.5 Å².